The second-order valence-electron chi connectivity index (χ2n) is 7.94. The zero-order valence-corrected chi connectivity index (χ0v) is 18.6. The molecule has 156 valence electrons. The van der Waals surface area contributed by atoms with Crippen molar-refractivity contribution < 1.29 is 9.53 Å². The standard InChI is InChI=1S/C24H31ClN2O2/c1-5-27(22-8-9-23(25)18(3)12-22)11-10-19-7-6-17(2)20(13-19)14-26-15-21(16-26)24(28)29-4/h6-9,12-13,21H,5,10-11,14-16H2,1-4H3. The lowest BCUT2D eigenvalue weighted by Gasteiger charge is -2.37. The topological polar surface area (TPSA) is 32.8 Å². The van der Waals surface area contributed by atoms with Crippen LogP contribution in [0.25, 0.3) is 0 Å². The predicted octanol–water partition coefficient (Wildman–Crippen LogP) is 4.63. The van der Waals surface area contributed by atoms with Gasteiger partial charge in [0.2, 0.25) is 0 Å². The number of hydrogen-bond acceptors (Lipinski definition) is 4. The van der Waals surface area contributed by atoms with Crippen molar-refractivity contribution in [2.45, 2.75) is 33.7 Å². The molecule has 1 aliphatic rings. The third kappa shape index (κ3) is 5.31. The Balaban J connectivity index is 1.60. The number of anilines is 1. The molecule has 0 saturated carbocycles. The first-order chi connectivity index (χ1) is 13.9. The van der Waals surface area contributed by atoms with Crippen LogP contribution < -0.4 is 4.90 Å². The van der Waals surface area contributed by atoms with Gasteiger partial charge in [-0.25, -0.2) is 0 Å². The van der Waals surface area contributed by atoms with E-state index in [0.717, 1.165) is 49.7 Å². The van der Waals surface area contributed by atoms with E-state index >= 15 is 0 Å². The Morgan fingerprint density at radius 3 is 2.59 bits per heavy atom. The third-order valence-electron chi connectivity index (χ3n) is 5.86. The average molecular weight is 415 g/mol. The summed E-state index contributed by atoms with van der Waals surface area (Å²) in [6.07, 6.45) is 0.994. The van der Waals surface area contributed by atoms with Crippen molar-refractivity contribution in [3.63, 3.8) is 0 Å². The summed E-state index contributed by atoms with van der Waals surface area (Å²) in [6.45, 7) is 10.8. The summed E-state index contributed by atoms with van der Waals surface area (Å²) in [6, 6.07) is 13.0. The van der Waals surface area contributed by atoms with E-state index < -0.39 is 0 Å². The zero-order valence-electron chi connectivity index (χ0n) is 17.9. The molecule has 5 heteroatoms. The van der Waals surface area contributed by atoms with Crippen LogP contribution in [0.15, 0.2) is 36.4 Å². The number of halogens is 1. The second kappa shape index (κ2) is 9.64. The number of hydrogen-bond donors (Lipinski definition) is 0. The maximum atomic E-state index is 11.6. The molecule has 1 saturated heterocycles. The molecule has 0 aromatic heterocycles. The monoisotopic (exact) mass is 414 g/mol. The van der Waals surface area contributed by atoms with Crippen molar-refractivity contribution in [2.24, 2.45) is 5.92 Å². The molecule has 4 nitrogen and oxygen atoms in total. The summed E-state index contributed by atoms with van der Waals surface area (Å²) in [5.74, 6) is -0.0618. The molecule has 0 N–H and O–H groups in total. The average Bonchev–Trinajstić information content (AvgIpc) is 2.68. The highest BCUT2D eigenvalue weighted by molar-refractivity contribution is 6.31. The van der Waals surface area contributed by atoms with Crippen LogP contribution >= 0.6 is 11.6 Å². The Labute approximate surface area is 179 Å². The van der Waals surface area contributed by atoms with Gasteiger partial charge < -0.3 is 9.64 Å². The highest BCUT2D eigenvalue weighted by Crippen LogP contribution is 2.24. The van der Waals surface area contributed by atoms with Gasteiger partial charge in [-0.05, 0) is 67.6 Å². The van der Waals surface area contributed by atoms with Gasteiger partial charge in [-0.3, -0.25) is 9.69 Å². The highest BCUT2D eigenvalue weighted by atomic mass is 35.5. The van der Waals surface area contributed by atoms with Crippen LogP contribution in [0.2, 0.25) is 5.02 Å². The van der Waals surface area contributed by atoms with E-state index in [0.29, 0.717) is 0 Å². The molecule has 1 fully saturated rings. The molecule has 0 unspecified atom stereocenters. The van der Waals surface area contributed by atoms with Crippen LogP contribution in [0.4, 0.5) is 5.69 Å². The molecule has 2 aromatic carbocycles. The van der Waals surface area contributed by atoms with Crippen LogP contribution in [0.1, 0.15) is 29.2 Å². The van der Waals surface area contributed by atoms with Gasteiger partial charge in [0.1, 0.15) is 0 Å². The van der Waals surface area contributed by atoms with Gasteiger partial charge in [-0.1, -0.05) is 29.8 Å². The Hall–Kier alpha value is -2.04. The number of carbonyl (C=O) groups excluding carboxylic acids is 1. The molecule has 2 aromatic rings. The number of aryl methyl sites for hydroxylation is 2. The van der Waals surface area contributed by atoms with E-state index in [-0.39, 0.29) is 11.9 Å². The minimum Gasteiger partial charge on any atom is -0.469 e. The molecule has 0 bridgehead atoms. The number of benzene rings is 2. The van der Waals surface area contributed by atoms with Crippen molar-refractivity contribution in [1.82, 2.24) is 4.90 Å². The maximum Gasteiger partial charge on any atom is 0.311 e. The molecule has 0 radical (unpaired) electrons. The first-order valence-corrected chi connectivity index (χ1v) is 10.7. The molecule has 1 aliphatic heterocycles. The number of esters is 1. The lowest BCUT2D eigenvalue weighted by atomic mass is 9.97. The SMILES string of the molecule is CCN(CCc1ccc(C)c(CN2CC(C(=O)OC)C2)c1)c1ccc(Cl)c(C)c1. The van der Waals surface area contributed by atoms with E-state index in [9.17, 15) is 4.79 Å². The Morgan fingerprint density at radius 2 is 1.93 bits per heavy atom. The Kier molecular flexibility index (Phi) is 7.20. The quantitative estimate of drug-likeness (QED) is 0.589. The van der Waals surface area contributed by atoms with Crippen molar-refractivity contribution in [3.8, 4) is 0 Å². The normalized spacial score (nSPS) is 14.5. The molecular formula is C24H31ClN2O2. The van der Waals surface area contributed by atoms with Gasteiger partial charge in [0.15, 0.2) is 0 Å². The second-order valence-corrected chi connectivity index (χ2v) is 8.35. The van der Waals surface area contributed by atoms with E-state index in [1.54, 1.807) is 0 Å². The fourth-order valence-corrected chi connectivity index (χ4v) is 3.98. The van der Waals surface area contributed by atoms with Gasteiger partial charge in [-0.15, -0.1) is 0 Å². The number of likely N-dealkylation sites (tertiary alicyclic amines) is 1. The van der Waals surface area contributed by atoms with Gasteiger partial charge in [0.25, 0.3) is 0 Å². The summed E-state index contributed by atoms with van der Waals surface area (Å²) < 4.78 is 4.83. The van der Waals surface area contributed by atoms with Crippen molar-refractivity contribution in [1.29, 1.82) is 0 Å². The van der Waals surface area contributed by atoms with E-state index in [2.05, 4.69) is 54.0 Å². The fourth-order valence-electron chi connectivity index (χ4n) is 3.87. The first kappa shape index (κ1) is 21.7. The van der Waals surface area contributed by atoms with Gasteiger partial charge >= 0.3 is 5.97 Å². The van der Waals surface area contributed by atoms with Crippen LogP contribution in [-0.2, 0) is 22.5 Å². The predicted molar refractivity (Wildman–Crippen MR) is 120 cm³/mol. The Morgan fingerprint density at radius 1 is 1.17 bits per heavy atom. The highest BCUT2D eigenvalue weighted by Gasteiger charge is 2.33. The molecule has 0 atom stereocenters. The molecule has 0 aliphatic carbocycles. The number of rotatable bonds is 8. The maximum absolute atomic E-state index is 11.6. The van der Waals surface area contributed by atoms with Crippen molar-refractivity contribution >= 4 is 23.3 Å². The number of ether oxygens (including phenoxy) is 1. The van der Waals surface area contributed by atoms with Gasteiger partial charge in [0, 0.05) is 43.4 Å². The summed E-state index contributed by atoms with van der Waals surface area (Å²) >= 11 is 6.18. The molecule has 0 amide bonds. The van der Waals surface area contributed by atoms with E-state index in [4.69, 9.17) is 16.3 Å². The molecular weight excluding hydrogens is 384 g/mol. The first-order valence-electron chi connectivity index (χ1n) is 10.3. The van der Waals surface area contributed by atoms with Crippen LogP contribution in [0.5, 0.6) is 0 Å². The summed E-state index contributed by atoms with van der Waals surface area (Å²) in [5.41, 5.74) is 6.32. The zero-order chi connectivity index (χ0) is 21.0. The van der Waals surface area contributed by atoms with Gasteiger partial charge in [-0.2, -0.15) is 0 Å². The largest absolute Gasteiger partial charge is 0.469 e. The minimum atomic E-state index is -0.0937. The lowest BCUT2D eigenvalue weighted by Crippen LogP contribution is -2.50. The van der Waals surface area contributed by atoms with Crippen LogP contribution in [-0.4, -0.2) is 44.2 Å². The minimum absolute atomic E-state index is 0.0319. The lowest BCUT2D eigenvalue weighted by molar-refractivity contribution is -0.151. The smallest absolute Gasteiger partial charge is 0.311 e. The fraction of sp³-hybridized carbons (Fsp3) is 0.458. The van der Waals surface area contributed by atoms with Crippen LogP contribution in [0.3, 0.4) is 0 Å². The van der Waals surface area contributed by atoms with Crippen LogP contribution in [0, 0.1) is 19.8 Å². The molecule has 0 spiro atoms. The molecule has 3 rings (SSSR count). The summed E-state index contributed by atoms with van der Waals surface area (Å²) in [4.78, 5) is 16.3. The van der Waals surface area contributed by atoms with E-state index in [1.807, 2.05) is 13.0 Å². The van der Waals surface area contributed by atoms with E-state index in [1.165, 1.54) is 29.5 Å². The number of carbonyl (C=O) groups is 1. The molecule has 1 heterocycles. The summed E-state index contributed by atoms with van der Waals surface area (Å²) in [7, 11) is 1.46. The van der Waals surface area contributed by atoms with Gasteiger partial charge in [0.05, 0.1) is 13.0 Å². The number of nitrogens with zero attached hydrogens (tertiary/aromatic N) is 2. The Bertz CT molecular complexity index is 862. The molecule has 29 heavy (non-hydrogen) atoms. The summed E-state index contributed by atoms with van der Waals surface area (Å²) in [5, 5.41) is 0.813. The van der Waals surface area contributed by atoms with Crippen molar-refractivity contribution in [2.75, 3.05) is 38.2 Å². The number of methoxy groups -OCH3 is 1. The van der Waals surface area contributed by atoms with Crippen molar-refractivity contribution in [3.05, 3.63) is 63.7 Å². The number of likely N-dealkylation sites (N-methyl/N-ethyl adjacent to an activating group) is 1. The third-order valence-corrected chi connectivity index (χ3v) is 6.28.